The number of ether oxygens (including phenoxy) is 2. The Balaban J connectivity index is 2.08. The Kier molecular flexibility index (Phi) is 5.66. The summed E-state index contributed by atoms with van der Waals surface area (Å²) in [4.78, 5) is 38.0. The van der Waals surface area contributed by atoms with Crippen molar-refractivity contribution in [2.24, 2.45) is 0 Å². The number of nitrogens with one attached hydrogen (secondary N) is 1. The van der Waals surface area contributed by atoms with E-state index in [9.17, 15) is 14.4 Å². The molecule has 0 spiro atoms. The summed E-state index contributed by atoms with van der Waals surface area (Å²) >= 11 is 0. The van der Waals surface area contributed by atoms with Crippen molar-refractivity contribution < 1.29 is 23.9 Å². The summed E-state index contributed by atoms with van der Waals surface area (Å²) in [6.45, 7) is 5.45. The van der Waals surface area contributed by atoms with Crippen LogP contribution in [-0.4, -0.2) is 54.2 Å². The summed E-state index contributed by atoms with van der Waals surface area (Å²) in [6, 6.07) is 7.64. The molecule has 0 bridgehead atoms. The van der Waals surface area contributed by atoms with Crippen molar-refractivity contribution in [3.63, 3.8) is 0 Å². The molecular weight excluding hydrogens is 324 g/mol. The maximum absolute atomic E-state index is 12.4. The van der Waals surface area contributed by atoms with Gasteiger partial charge in [0.05, 0.1) is 7.11 Å². The molecular formula is C18H24N2O5. The topological polar surface area (TPSA) is 84.9 Å². The Hall–Kier alpha value is -2.57. The first-order chi connectivity index (χ1) is 11.7. The number of methoxy groups -OCH3 is 1. The van der Waals surface area contributed by atoms with Gasteiger partial charge in [-0.25, -0.2) is 9.59 Å². The molecule has 7 heteroatoms. The number of amides is 2. The van der Waals surface area contributed by atoms with Crippen LogP contribution in [0.25, 0.3) is 0 Å². The largest absolute Gasteiger partial charge is 0.467 e. The fourth-order valence-corrected chi connectivity index (χ4v) is 2.68. The fourth-order valence-electron chi connectivity index (χ4n) is 2.68. The monoisotopic (exact) mass is 348 g/mol. The summed E-state index contributed by atoms with van der Waals surface area (Å²) in [5.74, 6) is -0.775. The molecule has 2 unspecified atom stereocenters. The number of carbonyl (C=O) groups excluding carboxylic acids is 3. The molecule has 1 saturated heterocycles. The lowest BCUT2D eigenvalue weighted by molar-refractivity contribution is -0.145. The zero-order valence-electron chi connectivity index (χ0n) is 14.9. The van der Waals surface area contributed by atoms with Gasteiger partial charge in [-0.15, -0.1) is 0 Å². The van der Waals surface area contributed by atoms with Crippen LogP contribution in [0.4, 0.5) is 4.79 Å². The van der Waals surface area contributed by atoms with E-state index < -0.39 is 23.7 Å². The van der Waals surface area contributed by atoms with Crippen molar-refractivity contribution >= 4 is 18.0 Å². The number of rotatable bonds is 3. The smallest absolute Gasteiger partial charge is 0.411 e. The van der Waals surface area contributed by atoms with Gasteiger partial charge in [0.25, 0.3) is 5.91 Å². The van der Waals surface area contributed by atoms with E-state index in [0.29, 0.717) is 5.56 Å². The predicted molar refractivity (Wildman–Crippen MR) is 91.1 cm³/mol. The van der Waals surface area contributed by atoms with Crippen LogP contribution < -0.4 is 5.32 Å². The van der Waals surface area contributed by atoms with E-state index in [2.05, 4.69) is 5.32 Å². The van der Waals surface area contributed by atoms with E-state index in [1.54, 1.807) is 45.0 Å². The van der Waals surface area contributed by atoms with Crippen LogP contribution in [0.1, 0.15) is 37.6 Å². The van der Waals surface area contributed by atoms with Gasteiger partial charge in [-0.1, -0.05) is 18.2 Å². The number of likely N-dealkylation sites (tertiary alicyclic amines) is 1. The molecule has 1 N–H and O–H groups in total. The van der Waals surface area contributed by atoms with Gasteiger partial charge in [0, 0.05) is 24.6 Å². The molecule has 1 fully saturated rings. The molecule has 7 nitrogen and oxygen atoms in total. The van der Waals surface area contributed by atoms with Crippen molar-refractivity contribution in [2.45, 2.75) is 44.9 Å². The van der Waals surface area contributed by atoms with Gasteiger partial charge in [0.1, 0.15) is 11.6 Å². The first-order valence-corrected chi connectivity index (χ1v) is 8.14. The first-order valence-electron chi connectivity index (χ1n) is 8.14. The van der Waals surface area contributed by atoms with E-state index in [0.717, 1.165) is 0 Å². The number of hydrogen-bond donors (Lipinski definition) is 1. The second kappa shape index (κ2) is 7.55. The molecule has 1 aliphatic heterocycles. The maximum atomic E-state index is 12.4. The standard InChI is InChI=1S/C18H24N2O5/c1-18(2,3)25-17(23)20-11-13(10-14(20)16(22)24-4)19-15(21)12-8-6-5-7-9-12/h5-9,13-14H,10-11H2,1-4H3,(H,19,21). The molecule has 2 amide bonds. The molecule has 0 saturated carbocycles. The second-order valence-corrected chi connectivity index (χ2v) is 6.94. The van der Waals surface area contributed by atoms with Gasteiger partial charge in [-0.2, -0.15) is 0 Å². The molecule has 0 aromatic heterocycles. The van der Waals surface area contributed by atoms with E-state index in [-0.39, 0.29) is 24.9 Å². The van der Waals surface area contributed by atoms with E-state index in [4.69, 9.17) is 9.47 Å². The molecule has 1 aromatic rings. The van der Waals surface area contributed by atoms with Crippen molar-refractivity contribution in [1.82, 2.24) is 10.2 Å². The number of esters is 1. The molecule has 1 aliphatic rings. The van der Waals surface area contributed by atoms with Crippen LogP contribution >= 0.6 is 0 Å². The van der Waals surface area contributed by atoms with Crippen molar-refractivity contribution in [3.05, 3.63) is 35.9 Å². The lowest BCUT2D eigenvalue weighted by Gasteiger charge is -2.27. The van der Waals surface area contributed by atoms with Crippen LogP contribution in [0, 0.1) is 0 Å². The van der Waals surface area contributed by atoms with Crippen LogP contribution in [0.2, 0.25) is 0 Å². The summed E-state index contributed by atoms with van der Waals surface area (Å²) < 4.78 is 10.1. The fraction of sp³-hybridized carbons (Fsp3) is 0.500. The summed E-state index contributed by atoms with van der Waals surface area (Å²) in [7, 11) is 1.27. The van der Waals surface area contributed by atoms with E-state index in [1.807, 2.05) is 6.07 Å². The lowest BCUT2D eigenvalue weighted by atomic mass is 10.1. The molecule has 0 aliphatic carbocycles. The lowest BCUT2D eigenvalue weighted by Crippen LogP contribution is -2.44. The van der Waals surface area contributed by atoms with E-state index in [1.165, 1.54) is 12.0 Å². The molecule has 0 radical (unpaired) electrons. The highest BCUT2D eigenvalue weighted by Crippen LogP contribution is 2.22. The van der Waals surface area contributed by atoms with Gasteiger partial charge in [0.2, 0.25) is 0 Å². The SMILES string of the molecule is COC(=O)C1CC(NC(=O)c2ccccc2)CN1C(=O)OC(C)(C)C. The minimum atomic E-state index is -0.777. The Morgan fingerprint density at radius 1 is 1.16 bits per heavy atom. The minimum absolute atomic E-state index is 0.188. The number of nitrogens with zero attached hydrogens (tertiary/aromatic N) is 1. The van der Waals surface area contributed by atoms with Crippen LogP contribution in [0.5, 0.6) is 0 Å². The van der Waals surface area contributed by atoms with Crippen LogP contribution in [0.15, 0.2) is 30.3 Å². The minimum Gasteiger partial charge on any atom is -0.467 e. The van der Waals surface area contributed by atoms with Gasteiger partial charge < -0.3 is 14.8 Å². The quantitative estimate of drug-likeness (QED) is 0.844. The summed E-state index contributed by atoms with van der Waals surface area (Å²) in [5.41, 5.74) is -0.156. The highest BCUT2D eigenvalue weighted by atomic mass is 16.6. The third-order valence-corrected chi connectivity index (χ3v) is 3.77. The van der Waals surface area contributed by atoms with Crippen molar-refractivity contribution in [2.75, 3.05) is 13.7 Å². The zero-order chi connectivity index (χ0) is 18.6. The van der Waals surface area contributed by atoms with Crippen LogP contribution in [0.3, 0.4) is 0 Å². The Labute approximate surface area is 147 Å². The Morgan fingerprint density at radius 3 is 2.36 bits per heavy atom. The first kappa shape index (κ1) is 18.8. The third-order valence-electron chi connectivity index (χ3n) is 3.77. The molecule has 136 valence electrons. The third kappa shape index (κ3) is 4.95. The molecule has 1 heterocycles. The van der Waals surface area contributed by atoms with E-state index >= 15 is 0 Å². The number of carbonyl (C=O) groups is 3. The molecule has 2 rings (SSSR count). The number of benzene rings is 1. The average molecular weight is 348 g/mol. The highest BCUT2D eigenvalue weighted by molar-refractivity contribution is 5.94. The van der Waals surface area contributed by atoms with Crippen LogP contribution in [-0.2, 0) is 14.3 Å². The average Bonchev–Trinajstić information content (AvgIpc) is 2.97. The van der Waals surface area contributed by atoms with Gasteiger partial charge in [-0.05, 0) is 32.9 Å². The Bertz CT molecular complexity index is 639. The molecule has 1 aromatic carbocycles. The van der Waals surface area contributed by atoms with Gasteiger partial charge >= 0.3 is 12.1 Å². The second-order valence-electron chi connectivity index (χ2n) is 6.94. The van der Waals surface area contributed by atoms with Crippen molar-refractivity contribution in [1.29, 1.82) is 0 Å². The van der Waals surface area contributed by atoms with Gasteiger partial charge in [0.15, 0.2) is 0 Å². The summed E-state index contributed by atoms with van der Waals surface area (Å²) in [5, 5.41) is 2.86. The highest BCUT2D eigenvalue weighted by Gasteiger charge is 2.42. The molecule has 2 atom stereocenters. The predicted octanol–water partition coefficient (Wildman–Crippen LogP) is 1.97. The zero-order valence-corrected chi connectivity index (χ0v) is 14.9. The normalized spacial score (nSPS) is 20.1. The summed E-state index contributed by atoms with van der Waals surface area (Å²) in [6.07, 6.45) is -0.316. The Morgan fingerprint density at radius 2 is 1.80 bits per heavy atom. The van der Waals surface area contributed by atoms with Crippen molar-refractivity contribution in [3.8, 4) is 0 Å². The van der Waals surface area contributed by atoms with Gasteiger partial charge in [-0.3, -0.25) is 9.69 Å². The maximum Gasteiger partial charge on any atom is 0.411 e. The molecule has 25 heavy (non-hydrogen) atoms. The number of hydrogen-bond acceptors (Lipinski definition) is 5.